The molecule has 0 atom stereocenters. The summed E-state index contributed by atoms with van der Waals surface area (Å²) in [6, 6.07) is 10.6. The molecule has 0 aliphatic heterocycles. The van der Waals surface area contributed by atoms with Gasteiger partial charge in [0.1, 0.15) is 5.82 Å². The monoisotopic (exact) mass is 327 g/mol. The van der Waals surface area contributed by atoms with Crippen molar-refractivity contribution in [2.24, 2.45) is 5.92 Å². The summed E-state index contributed by atoms with van der Waals surface area (Å²) >= 11 is 6.14. The first-order chi connectivity index (χ1) is 11.0. The lowest BCUT2D eigenvalue weighted by Gasteiger charge is -2.07. The number of carbonyl (C=O) groups excluding carboxylic acids is 1. The van der Waals surface area contributed by atoms with E-state index in [1.165, 1.54) is 11.6 Å². The molecular formula is C18H16ClN2O2-. The van der Waals surface area contributed by atoms with Gasteiger partial charge in [-0.05, 0) is 42.2 Å². The van der Waals surface area contributed by atoms with Crippen LogP contribution in [0.15, 0.2) is 42.6 Å². The number of halogens is 1. The first-order valence-corrected chi connectivity index (χ1v) is 7.82. The number of hydrogen-bond donors (Lipinski definition) is 0. The third-order valence-electron chi connectivity index (χ3n) is 3.67. The van der Waals surface area contributed by atoms with Crippen molar-refractivity contribution in [3.05, 3.63) is 58.9 Å². The van der Waals surface area contributed by atoms with Gasteiger partial charge in [0.25, 0.3) is 0 Å². The lowest BCUT2D eigenvalue weighted by atomic mass is 10.0. The minimum Gasteiger partial charge on any atom is -0.543 e. The number of rotatable bonds is 4. The van der Waals surface area contributed by atoms with Crippen LogP contribution in [0.2, 0.25) is 5.02 Å². The third-order valence-corrected chi connectivity index (χ3v) is 3.90. The highest BCUT2D eigenvalue weighted by atomic mass is 35.5. The Morgan fingerprint density at radius 3 is 2.78 bits per heavy atom. The molecule has 3 rings (SSSR count). The van der Waals surface area contributed by atoms with Crippen LogP contribution in [0, 0.1) is 5.92 Å². The molecule has 0 saturated heterocycles. The van der Waals surface area contributed by atoms with Gasteiger partial charge in [0.2, 0.25) is 0 Å². The standard InChI is InChI=1S/C18H17ClN2O2/c1-11(2)8-12-10-21(16-9-13(19)6-7-14(12)16)17-5-3-4-15(20-17)18(22)23/h3-7,9-11H,8H2,1-2H3,(H,22,23)/p-1. The Bertz CT molecular complexity index is 884. The van der Waals surface area contributed by atoms with E-state index >= 15 is 0 Å². The quantitative estimate of drug-likeness (QED) is 0.739. The van der Waals surface area contributed by atoms with Gasteiger partial charge >= 0.3 is 0 Å². The largest absolute Gasteiger partial charge is 0.543 e. The number of nitrogens with zero attached hydrogens (tertiary/aromatic N) is 2. The summed E-state index contributed by atoms with van der Waals surface area (Å²) < 4.78 is 1.88. The van der Waals surface area contributed by atoms with Gasteiger partial charge in [0, 0.05) is 16.6 Å². The van der Waals surface area contributed by atoms with E-state index in [0.29, 0.717) is 16.8 Å². The molecule has 3 aromatic rings. The summed E-state index contributed by atoms with van der Waals surface area (Å²) in [6.45, 7) is 4.32. The molecule has 0 bridgehead atoms. The summed E-state index contributed by atoms with van der Waals surface area (Å²) in [4.78, 5) is 15.2. The van der Waals surface area contributed by atoms with Crippen LogP contribution in [0.5, 0.6) is 0 Å². The molecule has 0 spiro atoms. The van der Waals surface area contributed by atoms with E-state index in [0.717, 1.165) is 17.3 Å². The van der Waals surface area contributed by atoms with Crippen LogP contribution in [0.1, 0.15) is 29.9 Å². The second kappa shape index (κ2) is 6.05. The number of carbonyl (C=O) groups is 1. The Morgan fingerprint density at radius 2 is 2.09 bits per heavy atom. The van der Waals surface area contributed by atoms with Crippen molar-refractivity contribution in [1.82, 2.24) is 9.55 Å². The van der Waals surface area contributed by atoms with E-state index in [1.54, 1.807) is 12.1 Å². The van der Waals surface area contributed by atoms with Crippen LogP contribution in [-0.2, 0) is 6.42 Å². The highest BCUT2D eigenvalue weighted by Crippen LogP contribution is 2.28. The van der Waals surface area contributed by atoms with Crippen LogP contribution < -0.4 is 5.11 Å². The fourth-order valence-electron chi connectivity index (χ4n) is 2.73. The molecule has 0 fully saturated rings. The van der Waals surface area contributed by atoms with Crippen molar-refractivity contribution in [1.29, 1.82) is 0 Å². The number of pyridine rings is 1. The van der Waals surface area contributed by atoms with E-state index in [4.69, 9.17) is 11.6 Å². The topological polar surface area (TPSA) is 58.0 Å². The SMILES string of the molecule is CC(C)Cc1cn(-c2cccc(C(=O)[O-])n2)c2cc(Cl)ccc12. The summed E-state index contributed by atoms with van der Waals surface area (Å²) in [7, 11) is 0. The molecule has 2 heterocycles. The van der Waals surface area contributed by atoms with Crippen molar-refractivity contribution >= 4 is 28.5 Å². The number of benzene rings is 1. The molecular weight excluding hydrogens is 312 g/mol. The molecule has 0 aliphatic carbocycles. The van der Waals surface area contributed by atoms with Gasteiger partial charge in [-0.2, -0.15) is 0 Å². The van der Waals surface area contributed by atoms with Gasteiger partial charge in [0.15, 0.2) is 0 Å². The Labute approximate surface area is 139 Å². The molecule has 0 amide bonds. The van der Waals surface area contributed by atoms with Crippen LogP contribution in [0.25, 0.3) is 16.7 Å². The second-order valence-corrected chi connectivity index (χ2v) is 6.39. The van der Waals surface area contributed by atoms with Crippen molar-refractivity contribution in [3.63, 3.8) is 0 Å². The Balaban J connectivity index is 2.22. The maximum absolute atomic E-state index is 11.0. The zero-order chi connectivity index (χ0) is 16.6. The normalized spacial score (nSPS) is 11.3. The average molecular weight is 328 g/mol. The smallest absolute Gasteiger partial charge is 0.137 e. The van der Waals surface area contributed by atoms with Gasteiger partial charge in [-0.25, -0.2) is 4.98 Å². The zero-order valence-electron chi connectivity index (χ0n) is 12.9. The molecule has 0 radical (unpaired) electrons. The molecule has 1 aromatic carbocycles. The molecule has 0 saturated carbocycles. The van der Waals surface area contributed by atoms with Crippen molar-refractivity contribution < 1.29 is 9.90 Å². The molecule has 5 heteroatoms. The fraction of sp³-hybridized carbons (Fsp3) is 0.222. The van der Waals surface area contributed by atoms with Gasteiger partial charge < -0.3 is 14.5 Å². The molecule has 118 valence electrons. The molecule has 0 N–H and O–H groups in total. The minimum absolute atomic E-state index is 0.0863. The maximum atomic E-state index is 11.0. The molecule has 0 unspecified atom stereocenters. The second-order valence-electron chi connectivity index (χ2n) is 5.95. The first-order valence-electron chi connectivity index (χ1n) is 7.44. The zero-order valence-corrected chi connectivity index (χ0v) is 13.7. The van der Waals surface area contributed by atoms with E-state index in [-0.39, 0.29) is 5.69 Å². The lowest BCUT2D eigenvalue weighted by Crippen LogP contribution is -2.23. The van der Waals surface area contributed by atoms with E-state index in [2.05, 4.69) is 18.8 Å². The fourth-order valence-corrected chi connectivity index (χ4v) is 2.90. The summed E-state index contributed by atoms with van der Waals surface area (Å²) in [6.07, 6.45) is 2.92. The van der Waals surface area contributed by atoms with Crippen LogP contribution in [-0.4, -0.2) is 15.5 Å². The highest BCUT2D eigenvalue weighted by molar-refractivity contribution is 6.31. The van der Waals surface area contributed by atoms with Crippen molar-refractivity contribution in [2.45, 2.75) is 20.3 Å². The predicted octanol–water partition coefficient (Wildman–Crippen LogP) is 3.24. The van der Waals surface area contributed by atoms with Gasteiger partial charge in [-0.3, -0.25) is 0 Å². The van der Waals surface area contributed by atoms with Gasteiger partial charge in [-0.15, -0.1) is 0 Å². The number of aromatic carboxylic acids is 1. The van der Waals surface area contributed by atoms with E-state index in [1.807, 2.05) is 29.0 Å². The molecule has 2 aromatic heterocycles. The summed E-state index contributed by atoms with van der Waals surface area (Å²) in [5.74, 6) is -0.245. The molecule has 4 nitrogen and oxygen atoms in total. The predicted molar refractivity (Wildman–Crippen MR) is 89.0 cm³/mol. The van der Waals surface area contributed by atoms with Crippen molar-refractivity contribution in [2.75, 3.05) is 0 Å². The van der Waals surface area contributed by atoms with E-state index < -0.39 is 5.97 Å². The van der Waals surface area contributed by atoms with Gasteiger partial charge in [-0.1, -0.05) is 37.6 Å². The average Bonchev–Trinajstić information content (AvgIpc) is 2.84. The van der Waals surface area contributed by atoms with Gasteiger partial charge in [0.05, 0.1) is 17.2 Å². The highest BCUT2D eigenvalue weighted by Gasteiger charge is 2.12. The molecule has 0 aliphatic rings. The number of fused-ring (bicyclic) bond motifs is 1. The Morgan fingerprint density at radius 1 is 1.30 bits per heavy atom. The lowest BCUT2D eigenvalue weighted by molar-refractivity contribution is -0.255. The first kappa shape index (κ1) is 15.6. The third kappa shape index (κ3) is 3.08. The number of hydrogen-bond acceptors (Lipinski definition) is 3. The van der Waals surface area contributed by atoms with Crippen molar-refractivity contribution in [3.8, 4) is 5.82 Å². The van der Waals surface area contributed by atoms with Crippen LogP contribution in [0.4, 0.5) is 0 Å². The minimum atomic E-state index is -1.29. The maximum Gasteiger partial charge on any atom is 0.137 e. The summed E-state index contributed by atoms with van der Waals surface area (Å²) in [5.41, 5.74) is 2.01. The number of carboxylic acid groups (broad SMARTS) is 1. The van der Waals surface area contributed by atoms with Crippen LogP contribution in [0.3, 0.4) is 0 Å². The molecule has 23 heavy (non-hydrogen) atoms. The Hall–Kier alpha value is -2.33. The Kier molecular flexibility index (Phi) is 4.09. The number of carboxylic acids is 1. The van der Waals surface area contributed by atoms with E-state index in [9.17, 15) is 9.90 Å². The summed E-state index contributed by atoms with van der Waals surface area (Å²) in [5, 5.41) is 12.8. The number of aromatic nitrogens is 2. The van der Waals surface area contributed by atoms with Crippen LogP contribution >= 0.6 is 11.6 Å².